The first kappa shape index (κ1) is 12.8. The van der Waals surface area contributed by atoms with Gasteiger partial charge in [0.2, 0.25) is 11.8 Å². The Labute approximate surface area is 112 Å². The Balaban J connectivity index is 2.25. The molecule has 1 aromatic heterocycles. The lowest BCUT2D eigenvalue weighted by atomic mass is 10.2. The third-order valence-electron chi connectivity index (χ3n) is 2.32. The maximum atomic E-state index is 13.1. The molecule has 4 nitrogen and oxygen atoms in total. The molecule has 0 radical (unpaired) electrons. The van der Waals surface area contributed by atoms with Crippen molar-refractivity contribution in [3.8, 4) is 5.88 Å². The normalized spacial score (nSPS) is 10.2. The van der Waals surface area contributed by atoms with E-state index < -0.39 is 0 Å². The van der Waals surface area contributed by atoms with Gasteiger partial charge in [0, 0.05) is 5.69 Å². The van der Waals surface area contributed by atoms with Crippen molar-refractivity contribution in [3.63, 3.8) is 0 Å². The molecule has 2 rings (SSSR count). The van der Waals surface area contributed by atoms with Gasteiger partial charge in [0.25, 0.3) is 0 Å². The summed E-state index contributed by atoms with van der Waals surface area (Å²) < 4.78 is 18.9. The second-order valence-electron chi connectivity index (χ2n) is 3.64. The van der Waals surface area contributed by atoms with E-state index in [1.807, 2.05) is 0 Å². The van der Waals surface area contributed by atoms with E-state index in [4.69, 9.17) is 4.74 Å². The zero-order valence-corrected chi connectivity index (χ0v) is 11.5. The maximum Gasteiger partial charge on any atom is 0.232 e. The summed E-state index contributed by atoms with van der Waals surface area (Å²) in [7, 11) is 1.53. The molecule has 0 fully saturated rings. The Bertz CT molecular complexity index is 577. The van der Waals surface area contributed by atoms with Gasteiger partial charge >= 0.3 is 0 Å². The molecule has 0 saturated heterocycles. The summed E-state index contributed by atoms with van der Waals surface area (Å²) in [5.74, 6) is 0.585. The van der Waals surface area contributed by atoms with E-state index in [0.29, 0.717) is 21.9 Å². The van der Waals surface area contributed by atoms with E-state index in [9.17, 15) is 4.39 Å². The number of halogens is 2. The van der Waals surface area contributed by atoms with Gasteiger partial charge in [0.05, 0.1) is 17.8 Å². The van der Waals surface area contributed by atoms with Gasteiger partial charge in [-0.15, -0.1) is 0 Å². The van der Waals surface area contributed by atoms with Crippen LogP contribution in [-0.2, 0) is 0 Å². The quantitative estimate of drug-likeness (QED) is 0.943. The number of rotatable bonds is 3. The van der Waals surface area contributed by atoms with E-state index >= 15 is 0 Å². The van der Waals surface area contributed by atoms with Gasteiger partial charge in [-0.05, 0) is 46.6 Å². The minimum absolute atomic E-state index is 0.241. The van der Waals surface area contributed by atoms with Crippen molar-refractivity contribution in [1.82, 2.24) is 9.97 Å². The Hall–Kier alpha value is -1.69. The Morgan fingerprint density at radius 3 is 2.83 bits per heavy atom. The van der Waals surface area contributed by atoms with Crippen LogP contribution in [0.3, 0.4) is 0 Å². The molecule has 0 aliphatic rings. The van der Waals surface area contributed by atoms with Crippen LogP contribution in [0.1, 0.15) is 5.56 Å². The number of anilines is 2. The molecule has 0 bridgehead atoms. The molecule has 0 aliphatic heterocycles. The van der Waals surface area contributed by atoms with Crippen molar-refractivity contribution in [3.05, 3.63) is 40.2 Å². The van der Waals surface area contributed by atoms with Gasteiger partial charge in [0.1, 0.15) is 5.82 Å². The van der Waals surface area contributed by atoms with E-state index in [-0.39, 0.29) is 5.82 Å². The van der Waals surface area contributed by atoms with Gasteiger partial charge < -0.3 is 10.1 Å². The molecule has 0 unspecified atom stereocenters. The average Bonchev–Trinajstić information content (AvgIpc) is 2.36. The highest BCUT2D eigenvalue weighted by molar-refractivity contribution is 9.10. The first-order valence-electron chi connectivity index (χ1n) is 5.20. The van der Waals surface area contributed by atoms with Crippen LogP contribution in [0.15, 0.2) is 28.9 Å². The Morgan fingerprint density at radius 2 is 2.17 bits per heavy atom. The van der Waals surface area contributed by atoms with Crippen molar-refractivity contribution >= 4 is 27.6 Å². The highest BCUT2D eigenvalue weighted by Crippen LogP contribution is 2.23. The number of aryl methyl sites for hydroxylation is 1. The molecule has 0 saturated carbocycles. The second kappa shape index (κ2) is 5.30. The highest BCUT2D eigenvalue weighted by atomic mass is 79.9. The molecule has 1 aromatic carbocycles. The average molecular weight is 312 g/mol. The van der Waals surface area contributed by atoms with E-state index in [0.717, 1.165) is 5.69 Å². The van der Waals surface area contributed by atoms with Crippen molar-refractivity contribution in [2.24, 2.45) is 0 Å². The molecule has 6 heteroatoms. The third-order valence-corrected chi connectivity index (χ3v) is 2.86. The van der Waals surface area contributed by atoms with E-state index in [1.54, 1.807) is 25.3 Å². The first-order chi connectivity index (χ1) is 8.60. The molecular weight excluding hydrogens is 301 g/mol. The fraction of sp³-hybridized carbons (Fsp3) is 0.167. The number of methoxy groups -OCH3 is 1. The minimum Gasteiger partial charge on any atom is -0.480 e. The number of hydrogen-bond donors (Lipinski definition) is 1. The zero-order chi connectivity index (χ0) is 13.1. The largest absolute Gasteiger partial charge is 0.480 e. The van der Waals surface area contributed by atoms with E-state index in [1.165, 1.54) is 13.2 Å². The van der Waals surface area contributed by atoms with Crippen LogP contribution in [0.5, 0.6) is 5.88 Å². The molecule has 18 heavy (non-hydrogen) atoms. The van der Waals surface area contributed by atoms with Crippen LogP contribution in [0.4, 0.5) is 16.0 Å². The van der Waals surface area contributed by atoms with Gasteiger partial charge in [-0.1, -0.05) is 0 Å². The zero-order valence-electron chi connectivity index (χ0n) is 9.87. The van der Waals surface area contributed by atoms with Crippen LogP contribution in [0, 0.1) is 12.7 Å². The number of aromatic nitrogens is 2. The molecule has 94 valence electrons. The predicted molar refractivity (Wildman–Crippen MR) is 70.7 cm³/mol. The van der Waals surface area contributed by atoms with Crippen molar-refractivity contribution in [1.29, 1.82) is 0 Å². The van der Waals surface area contributed by atoms with Crippen LogP contribution < -0.4 is 10.1 Å². The SMILES string of the molecule is COc1nc(Nc2ccc(F)c(C)c2)ncc1Br. The van der Waals surface area contributed by atoms with Crippen LogP contribution >= 0.6 is 15.9 Å². The number of nitrogens with one attached hydrogen (secondary N) is 1. The van der Waals surface area contributed by atoms with Crippen molar-refractivity contribution in [2.75, 3.05) is 12.4 Å². The topological polar surface area (TPSA) is 47.0 Å². The lowest BCUT2D eigenvalue weighted by Crippen LogP contribution is -2.00. The summed E-state index contributed by atoms with van der Waals surface area (Å²) in [5.41, 5.74) is 1.28. The van der Waals surface area contributed by atoms with Crippen molar-refractivity contribution < 1.29 is 9.13 Å². The first-order valence-corrected chi connectivity index (χ1v) is 5.99. The van der Waals surface area contributed by atoms with E-state index in [2.05, 4.69) is 31.2 Å². The van der Waals surface area contributed by atoms with Gasteiger partial charge in [-0.3, -0.25) is 0 Å². The fourth-order valence-electron chi connectivity index (χ4n) is 1.41. The van der Waals surface area contributed by atoms with Gasteiger partial charge in [-0.2, -0.15) is 4.98 Å². The van der Waals surface area contributed by atoms with Crippen LogP contribution in [-0.4, -0.2) is 17.1 Å². The summed E-state index contributed by atoms with van der Waals surface area (Å²) in [5, 5.41) is 2.98. The highest BCUT2D eigenvalue weighted by Gasteiger charge is 2.06. The summed E-state index contributed by atoms with van der Waals surface area (Å²) >= 11 is 3.27. The number of nitrogens with zero attached hydrogens (tertiary/aromatic N) is 2. The summed E-state index contributed by atoms with van der Waals surface area (Å²) in [6, 6.07) is 4.71. The number of benzene rings is 1. The Kier molecular flexibility index (Phi) is 3.76. The lowest BCUT2D eigenvalue weighted by Gasteiger charge is -2.08. The van der Waals surface area contributed by atoms with Gasteiger partial charge in [0.15, 0.2) is 0 Å². The molecular formula is C12H11BrFN3O. The fourth-order valence-corrected chi connectivity index (χ4v) is 1.76. The predicted octanol–water partition coefficient (Wildman–Crippen LogP) is 3.44. The summed E-state index contributed by atoms with van der Waals surface area (Å²) in [4.78, 5) is 8.24. The molecule has 1 N–H and O–H groups in total. The molecule has 1 heterocycles. The second-order valence-corrected chi connectivity index (χ2v) is 4.49. The summed E-state index contributed by atoms with van der Waals surface area (Å²) in [6.07, 6.45) is 1.59. The molecule has 0 amide bonds. The molecule has 0 atom stereocenters. The third kappa shape index (κ3) is 2.76. The molecule has 0 spiro atoms. The standard InChI is InChI=1S/C12H11BrFN3O/c1-7-5-8(3-4-10(7)14)16-12-15-6-9(13)11(17-12)18-2/h3-6H,1-2H3,(H,15,16,17). The number of hydrogen-bond acceptors (Lipinski definition) is 4. The molecule has 0 aliphatic carbocycles. The summed E-state index contributed by atoms with van der Waals surface area (Å²) in [6.45, 7) is 1.70. The maximum absolute atomic E-state index is 13.1. The lowest BCUT2D eigenvalue weighted by molar-refractivity contribution is 0.394. The van der Waals surface area contributed by atoms with Crippen LogP contribution in [0.25, 0.3) is 0 Å². The van der Waals surface area contributed by atoms with Crippen LogP contribution in [0.2, 0.25) is 0 Å². The number of ether oxygens (including phenoxy) is 1. The van der Waals surface area contributed by atoms with Gasteiger partial charge in [-0.25, -0.2) is 9.37 Å². The minimum atomic E-state index is -0.241. The Morgan fingerprint density at radius 1 is 1.39 bits per heavy atom. The smallest absolute Gasteiger partial charge is 0.232 e. The van der Waals surface area contributed by atoms with Crippen molar-refractivity contribution in [2.45, 2.75) is 6.92 Å². The molecule has 2 aromatic rings. The monoisotopic (exact) mass is 311 g/mol.